The van der Waals surface area contributed by atoms with Crippen molar-refractivity contribution in [3.05, 3.63) is 29.3 Å². The Labute approximate surface area is 105 Å². The third-order valence-corrected chi connectivity index (χ3v) is 3.22. The summed E-state index contributed by atoms with van der Waals surface area (Å²) in [6.45, 7) is 6.28. The molecule has 96 valence electrons. The molecule has 0 bridgehead atoms. The van der Waals surface area contributed by atoms with E-state index >= 15 is 0 Å². The summed E-state index contributed by atoms with van der Waals surface area (Å²) in [7, 11) is 5.83. The van der Waals surface area contributed by atoms with Gasteiger partial charge < -0.3 is 15.0 Å². The molecule has 0 spiro atoms. The summed E-state index contributed by atoms with van der Waals surface area (Å²) in [5, 5.41) is 3.26. The van der Waals surface area contributed by atoms with Crippen LogP contribution in [0.3, 0.4) is 0 Å². The molecule has 3 heteroatoms. The average Bonchev–Trinajstić information content (AvgIpc) is 2.37. The van der Waals surface area contributed by atoms with Gasteiger partial charge in [0.25, 0.3) is 0 Å². The van der Waals surface area contributed by atoms with Crippen molar-refractivity contribution >= 4 is 0 Å². The van der Waals surface area contributed by atoms with Gasteiger partial charge in [0, 0.05) is 18.2 Å². The van der Waals surface area contributed by atoms with E-state index in [4.69, 9.17) is 4.74 Å². The second kappa shape index (κ2) is 6.62. The van der Waals surface area contributed by atoms with Gasteiger partial charge in [0.05, 0.1) is 7.11 Å². The summed E-state index contributed by atoms with van der Waals surface area (Å²) in [4.78, 5) is 2.27. The van der Waals surface area contributed by atoms with Crippen LogP contribution in [0.4, 0.5) is 0 Å². The van der Waals surface area contributed by atoms with E-state index in [1.807, 2.05) is 7.05 Å². The summed E-state index contributed by atoms with van der Waals surface area (Å²) < 4.78 is 5.41. The topological polar surface area (TPSA) is 24.5 Å². The van der Waals surface area contributed by atoms with Crippen LogP contribution in [0.15, 0.2) is 18.2 Å². The first kappa shape index (κ1) is 14.0. The molecule has 0 fully saturated rings. The van der Waals surface area contributed by atoms with E-state index < -0.39 is 0 Å². The molecular weight excluding hydrogens is 212 g/mol. The molecule has 0 saturated carbocycles. The quantitative estimate of drug-likeness (QED) is 0.821. The molecule has 1 unspecified atom stereocenters. The van der Waals surface area contributed by atoms with Gasteiger partial charge in [-0.1, -0.05) is 13.0 Å². The molecule has 0 aliphatic heterocycles. The Morgan fingerprint density at radius 1 is 1.41 bits per heavy atom. The van der Waals surface area contributed by atoms with Crippen molar-refractivity contribution < 1.29 is 4.74 Å². The van der Waals surface area contributed by atoms with Gasteiger partial charge in [-0.25, -0.2) is 0 Å². The minimum absolute atomic E-state index is 0.367. The Balaban J connectivity index is 2.97. The smallest absolute Gasteiger partial charge is 0.123 e. The third kappa shape index (κ3) is 3.72. The monoisotopic (exact) mass is 236 g/mol. The third-order valence-electron chi connectivity index (χ3n) is 3.22. The molecule has 3 nitrogen and oxygen atoms in total. The van der Waals surface area contributed by atoms with Gasteiger partial charge in [-0.15, -0.1) is 0 Å². The molecule has 1 rings (SSSR count). The van der Waals surface area contributed by atoms with Crippen LogP contribution >= 0.6 is 0 Å². The summed E-state index contributed by atoms with van der Waals surface area (Å²) >= 11 is 0. The highest BCUT2D eigenvalue weighted by Crippen LogP contribution is 2.24. The predicted octanol–water partition coefficient (Wildman–Crippen LogP) is 2.43. The second-order valence-electron chi connectivity index (χ2n) is 4.41. The zero-order chi connectivity index (χ0) is 12.8. The highest BCUT2D eigenvalue weighted by atomic mass is 16.5. The standard InChI is InChI=1S/C14H24N2O/c1-6-16(4)10-13-9-12(11(2)15-3)7-8-14(13)17-5/h7-9,11,15H,6,10H2,1-5H3. The first-order chi connectivity index (χ1) is 8.12. The van der Waals surface area contributed by atoms with Gasteiger partial charge in [-0.2, -0.15) is 0 Å². The van der Waals surface area contributed by atoms with E-state index in [-0.39, 0.29) is 0 Å². The van der Waals surface area contributed by atoms with E-state index in [9.17, 15) is 0 Å². The maximum Gasteiger partial charge on any atom is 0.123 e. The molecule has 0 saturated heterocycles. The van der Waals surface area contributed by atoms with Crippen LogP contribution in [0, 0.1) is 0 Å². The van der Waals surface area contributed by atoms with Crippen LogP contribution in [0.2, 0.25) is 0 Å². The van der Waals surface area contributed by atoms with Crippen molar-refractivity contribution in [3.8, 4) is 5.75 Å². The number of hydrogen-bond donors (Lipinski definition) is 1. The van der Waals surface area contributed by atoms with Gasteiger partial charge in [0.1, 0.15) is 5.75 Å². The lowest BCUT2D eigenvalue weighted by molar-refractivity contribution is 0.332. The van der Waals surface area contributed by atoms with Crippen molar-refractivity contribution in [1.82, 2.24) is 10.2 Å². The molecule has 1 aromatic carbocycles. The van der Waals surface area contributed by atoms with Gasteiger partial charge in [0.15, 0.2) is 0 Å². The lowest BCUT2D eigenvalue weighted by Crippen LogP contribution is -2.18. The van der Waals surface area contributed by atoms with E-state index in [1.165, 1.54) is 11.1 Å². The van der Waals surface area contributed by atoms with Crippen molar-refractivity contribution in [2.24, 2.45) is 0 Å². The molecule has 1 N–H and O–H groups in total. The van der Waals surface area contributed by atoms with Crippen molar-refractivity contribution in [3.63, 3.8) is 0 Å². The summed E-state index contributed by atoms with van der Waals surface area (Å²) in [6, 6.07) is 6.77. The minimum atomic E-state index is 0.367. The van der Waals surface area contributed by atoms with Crippen molar-refractivity contribution in [2.75, 3.05) is 27.7 Å². The first-order valence-corrected chi connectivity index (χ1v) is 6.15. The molecule has 0 aliphatic rings. The summed E-state index contributed by atoms with van der Waals surface area (Å²) in [5.74, 6) is 0.970. The Morgan fingerprint density at radius 2 is 2.12 bits per heavy atom. The minimum Gasteiger partial charge on any atom is -0.496 e. The lowest BCUT2D eigenvalue weighted by Gasteiger charge is -2.19. The zero-order valence-corrected chi connectivity index (χ0v) is 11.6. The maximum absolute atomic E-state index is 5.41. The van der Waals surface area contributed by atoms with Crippen LogP contribution in [-0.4, -0.2) is 32.6 Å². The number of methoxy groups -OCH3 is 1. The lowest BCUT2D eigenvalue weighted by atomic mass is 10.0. The molecular formula is C14H24N2O. The molecule has 1 aromatic rings. The Hall–Kier alpha value is -1.06. The maximum atomic E-state index is 5.41. The van der Waals surface area contributed by atoms with Gasteiger partial charge in [-0.3, -0.25) is 0 Å². The summed E-state index contributed by atoms with van der Waals surface area (Å²) in [5.41, 5.74) is 2.55. The number of benzene rings is 1. The summed E-state index contributed by atoms with van der Waals surface area (Å²) in [6.07, 6.45) is 0. The number of nitrogens with one attached hydrogen (secondary N) is 1. The van der Waals surface area contributed by atoms with Crippen LogP contribution in [0.1, 0.15) is 31.0 Å². The van der Waals surface area contributed by atoms with Gasteiger partial charge in [-0.05, 0) is 45.3 Å². The average molecular weight is 236 g/mol. The number of nitrogens with zero attached hydrogens (tertiary/aromatic N) is 1. The van der Waals surface area contributed by atoms with E-state index in [0.29, 0.717) is 6.04 Å². The second-order valence-corrected chi connectivity index (χ2v) is 4.41. The van der Waals surface area contributed by atoms with Gasteiger partial charge in [0.2, 0.25) is 0 Å². The fraction of sp³-hybridized carbons (Fsp3) is 0.571. The molecule has 1 atom stereocenters. The molecule has 0 aliphatic carbocycles. The fourth-order valence-electron chi connectivity index (χ4n) is 1.76. The van der Waals surface area contributed by atoms with Crippen LogP contribution in [-0.2, 0) is 6.54 Å². The van der Waals surface area contributed by atoms with Crippen LogP contribution < -0.4 is 10.1 Å². The molecule has 0 aromatic heterocycles. The largest absolute Gasteiger partial charge is 0.496 e. The number of rotatable bonds is 6. The highest BCUT2D eigenvalue weighted by molar-refractivity contribution is 5.38. The molecule has 0 heterocycles. The Morgan fingerprint density at radius 3 is 2.65 bits per heavy atom. The SMILES string of the molecule is CCN(C)Cc1cc(C(C)NC)ccc1OC. The van der Waals surface area contributed by atoms with Gasteiger partial charge >= 0.3 is 0 Å². The number of hydrogen-bond acceptors (Lipinski definition) is 3. The Kier molecular flexibility index (Phi) is 5.45. The fourth-order valence-corrected chi connectivity index (χ4v) is 1.76. The normalized spacial score (nSPS) is 12.8. The van der Waals surface area contributed by atoms with Crippen LogP contribution in [0.25, 0.3) is 0 Å². The Bertz CT molecular complexity index is 352. The van der Waals surface area contributed by atoms with E-state index in [2.05, 4.69) is 49.3 Å². The molecule has 0 amide bonds. The van der Waals surface area contributed by atoms with E-state index in [0.717, 1.165) is 18.8 Å². The highest BCUT2D eigenvalue weighted by Gasteiger charge is 2.09. The predicted molar refractivity (Wildman–Crippen MR) is 72.5 cm³/mol. The van der Waals surface area contributed by atoms with E-state index in [1.54, 1.807) is 7.11 Å². The zero-order valence-electron chi connectivity index (χ0n) is 11.6. The van der Waals surface area contributed by atoms with Crippen molar-refractivity contribution in [1.29, 1.82) is 0 Å². The van der Waals surface area contributed by atoms with Crippen molar-refractivity contribution in [2.45, 2.75) is 26.4 Å². The molecule has 0 radical (unpaired) electrons. The molecule has 17 heavy (non-hydrogen) atoms. The first-order valence-electron chi connectivity index (χ1n) is 6.15. The van der Waals surface area contributed by atoms with Crippen LogP contribution in [0.5, 0.6) is 5.75 Å². The number of ether oxygens (including phenoxy) is 1.